The summed E-state index contributed by atoms with van der Waals surface area (Å²) in [5, 5.41) is 6.25. The standard InChI is InChI=1S/C13H17N5O3S/c19-22(20,13-6-16-17-7-13)18-3-4-21-9-11(8-18)5-12-1-2-14-10-15-12/h1-2,6-7,10-11H,3-5,8-9H2,(H,16,17). The van der Waals surface area contributed by atoms with E-state index in [1.165, 1.54) is 23.0 Å². The number of hydrogen-bond donors (Lipinski definition) is 1. The summed E-state index contributed by atoms with van der Waals surface area (Å²) in [7, 11) is -3.54. The summed E-state index contributed by atoms with van der Waals surface area (Å²) in [5.41, 5.74) is 0.881. The fourth-order valence-electron chi connectivity index (χ4n) is 2.45. The normalized spacial score (nSPS) is 20.6. The van der Waals surface area contributed by atoms with Crippen LogP contribution < -0.4 is 0 Å². The summed E-state index contributed by atoms with van der Waals surface area (Å²) in [6.45, 7) is 1.64. The van der Waals surface area contributed by atoms with Gasteiger partial charge in [-0.1, -0.05) is 0 Å². The molecule has 0 aliphatic carbocycles. The first-order valence-electron chi connectivity index (χ1n) is 6.98. The van der Waals surface area contributed by atoms with Crippen LogP contribution in [-0.2, 0) is 21.2 Å². The van der Waals surface area contributed by atoms with Gasteiger partial charge in [0, 0.05) is 37.1 Å². The molecule has 0 aromatic carbocycles. The molecule has 1 N–H and O–H groups in total. The van der Waals surface area contributed by atoms with Gasteiger partial charge in [0.05, 0.1) is 19.4 Å². The zero-order chi connectivity index (χ0) is 15.4. The lowest BCUT2D eigenvalue weighted by Crippen LogP contribution is -2.36. The van der Waals surface area contributed by atoms with Gasteiger partial charge >= 0.3 is 0 Å². The number of H-pyrrole nitrogens is 1. The Morgan fingerprint density at radius 1 is 1.45 bits per heavy atom. The molecule has 1 saturated heterocycles. The minimum absolute atomic E-state index is 0.0547. The van der Waals surface area contributed by atoms with E-state index in [1.54, 1.807) is 6.20 Å². The third-order valence-electron chi connectivity index (χ3n) is 3.55. The number of nitrogens with one attached hydrogen (secondary N) is 1. The maximum atomic E-state index is 12.6. The Bertz CT molecular complexity index is 690. The molecule has 1 fully saturated rings. The molecule has 1 aliphatic heterocycles. The van der Waals surface area contributed by atoms with Gasteiger partial charge < -0.3 is 4.74 Å². The largest absolute Gasteiger partial charge is 0.380 e. The Labute approximate surface area is 128 Å². The fraction of sp³-hybridized carbons (Fsp3) is 0.462. The van der Waals surface area contributed by atoms with Crippen LogP contribution in [0.25, 0.3) is 0 Å². The van der Waals surface area contributed by atoms with Gasteiger partial charge in [-0.05, 0) is 12.5 Å². The Kier molecular flexibility index (Phi) is 4.46. The third-order valence-corrected chi connectivity index (χ3v) is 5.38. The van der Waals surface area contributed by atoms with Crippen molar-refractivity contribution < 1.29 is 13.2 Å². The SMILES string of the molecule is O=S(=O)(c1cn[nH]c1)N1CCOCC(Cc2ccncn2)C1. The van der Waals surface area contributed by atoms with Gasteiger partial charge in [-0.25, -0.2) is 18.4 Å². The molecule has 1 atom stereocenters. The van der Waals surface area contributed by atoms with Crippen LogP contribution in [0.1, 0.15) is 5.69 Å². The highest BCUT2D eigenvalue weighted by molar-refractivity contribution is 7.89. The van der Waals surface area contributed by atoms with Gasteiger partial charge in [-0.15, -0.1) is 0 Å². The summed E-state index contributed by atoms with van der Waals surface area (Å²) in [4.78, 5) is 8.25. The van der Waals surface area contributed by atoms with E-state index in [4.69, 9.17) is 4.74 Å². The summed E-state index contributed by atoms with van der Waals surface area (Å²) < 4.78 is 32.2. The van der Waals surface area contributed by atoms with E-state index in [1.807, 2.05) is 6.07 Å². The molecule has 0 bridgehead atoms. The van der Waals surface area contributed by atoms with E-state index < -0.39 is 10.0 Å². The lowest BCUT2D eigenvalue weighted by atomic mass is 10.0. The first-order chi connectivity index (χ1) is 10.7. The topological polar surface area (TPSA) is 101 Å². The monoisotopic (exact) mass is 323 g/mol. The van der Waals surface area contributed by atoms with Crippen molar-refractivity contribution in [2.45, 2.75) is 11.3 Å². The van der Waals surface area contributed by atoms with Gasteiger partial charge in [-0.3, -0.25) is 5.10 Å². The van der Waals surface area contributed by atoms with E-state index in [0.717, 1.165) is 5.69 Å². The highest BCUT2D eigenvalue weighted by atomic mass is 32.2. The van der Waals surface area contributed by atoms with Gasteiger partial charge in [0.25, 0.3) is 0 Å². The molecule has 2 aromatic heterocycles. The minimum Gasteiger partial charge on any atom is -0.380 e. The number of sulfonamides is 1. The van der Waals surface area contributed by atoms with Crippen LogP contribution in [-0.4, -0.2) is 59.2 Å². The maximum Gasteiger partial charge on any atom is 0.246 e. The molecule has 0 radical (unpaired) electrons. The molecule has 8 nitrogen and oxygen atoms in total. The van der Waals surface area contributed by atoms with E-state index in [-0.39, 0.29) is 10.8 Å². The number of aromatic amines is 1. The second kappa shape index (κ2) is 6.51. The van der Waals surface area contributed by atoms with Gasteiger partial charge in [-0.2, -0.15) is 9.40 Å². The second-order valence-corrected chi connectivity index (χ2v) is 7.08. The van der Waals surface area contributed by atoms with E-state index in [9.17, 15) is 8.42 Å². The van der Waals surface area contributed by atoms with E-state index >= 15 is 0 Å². The number of aromatic nitrogens is 4. The second-order valence-electron chi connectivity index (χ2n) is 5.14. The van der Waals surface area contributed by atoms with Crippen LogP contribution in [0.4, 0.5) is 0 Å². The predicted octanol–water partition coefficient (Wildman–Crippen LogP) is 0.0795. The quantitative estimate of drug-likeness (QED) is 0.855. The van der Waals surface area contributed by atoms with E-state index in [0.29, 0.717) is 32.7 Å². The smallest absolute Gasteiger partial charge is 0.246 e. The van der Waals surface area contributed by atoms with Crippen molar-refractivity contribution >= 4 is 10.0 Å². The number of ether oxygens (including phenoxy) is 1. The van der Waals surface area contributed by atoms with Crippen LogP contribution in [0, 0.1) is 5.92 Å². The van der Waals surface area contributed by atoms with Crippen molar-refractivity contribution in [3.05, 3.63) is 36.7 Å². The average molecular weight is 323 g/mol. The highest BCUT2D eigenvalue weighted by Gasteiger charge is 2.30. The predicted molar refractivity (Wildman–Crippen MR) is 77.4 cm³/mol. The molecule has 2 aromatic rings. The molecule has 1 unspecified atom stereocenters. The molecule has 9 heteroatoms. The molecule has 118 valence electrons. The molecule has 22 heavy (non-hydrogen) atoms. The van der Waals surface area contributed by atoms with Gasteiger partial charge in [0.2, 0.25) is 10.0 Å². The summed E-state index contributed by atoms with van der Waals surface area (Å²) in [6, 6.07) is 1.83. The zero-order valence-corrected chi connectivity index (χ0v) is 12.7. The van der Waals surface area contributed by atoms with Gasteiger partial charge in [0.1, 0.15) is 11.2 Å². The van der Waals surface area contributed by atoms with Crippen molar-refractivity contribution in [1.29, 1.82) is 0 Å². The number of hydrogen-bond acceptors (Lipinski definition) is 6. The van der Waals surface area contributed by atoms with Crippen LogP contribution in [0.15, 0.2) is 35.9 Å². The van der Waals surface area contributed by atoms with Crippen LogP contribution in [0.5, 0.6) is 0 Å². The molecule has 0 amide bonds. The maximum absolute atomic E-state index is 12.6. The Morgan fingerprint density at radius 2 is 2.36 bits per heavy atom. The minimum atomic E-state index is -3.54. The molecule has 0 saturated carbocycles. The zero-order valence-electron chi connectivity index (χ0n) is 11.9. The van der Waals surface area contributed by atoms with Crippen molar-refractivity contribution in [2.75, 3.05) is 26.3 Å². The molecular formula is C13H17N5O3S. The molecular weight excluding hydrogens is 306 g/mol. The first-order valence-corrected chi connectivity index (χ1v) is 8.42. The Balaban J connectivity index is 1.76. The van der Waals surface area contributed by atoms with Crippen LogP contribution in [0.3, 0.4) is 0 Å². The number of nitrogens with zero attached hydrogens (tertiary/aromatic N) is 4. The summed E-state index contributed by atoms with van der Waals surface area (Å²) in [5.74, 6) is 0.0547. The first kappa shape index (κ1) is 15.1. The van der Waals surface area contributed by atoms with Gasteiger partial charge in [0.15, 0.2) is 0 Å². The van der Waals surface area contributed by atoms with Crippen LogP contribution in [0.2, 0.25) is 0 Å². The van der Waals surface area contributed by atoms with Crippen molar-refractivity contribution in [3.63, 3.8) is 0 Å². The summed E-state index contributed by atoms with van der Waals surface area (Å²) in [6.07, 6.45) is 6.54. The highest BCUT2D eigenvalue weighted by Crippen LogP contribution is 2.19. The molecule has 0 spiro atoms. The lowest BCUT2D eigenvalue weighted by Gasteiger charge is -2.22. The Hall–Kier alpha value is -1.84. The summed E-state index contributed by atoms with van der Waals surface area (Å²) >= 11 is 0. The average Bonchev–Trinajstić information content (AvgIpc) is 2.96. The van der Waals surface area contributed by atoms with E-state index in [2.05, 4.69) is 20.2 Å². The Morgan fingerprint density at radius 3 is 3.09 bits per heavy atom. The van der Waals surface area contributed by atoms with Crippen molar-refractivity contribution in [1.82, 2.24) is 24.5 Å². The molecule has 3 heterocycles. The van der Waals surface area contributed by atoms with Crippen molar-refractivity contribution in [3.8, 4) is 0 Å². The number of rotatable bonds is 4. The third kappa shape index (κ3) is 3.32. The fourth-order valence-corrected chi connectivity index (χ4v) is 3.86. The molecule has 1 aliphatic rings. The van der Waals surface area contributed by atoms with Crippen LogP contribution >= 0.6 is 0 Å². The lowest BCUT2D eigenvalue weighted by molar-refractivity contribution is 0.122. The molecule has 3 rings (SSSR count). The van der Waals surface area contributed by atoms with Crippen molar-refractivity contribution in [2.24, 2.45) is 5.92 Å².